The second kappa shape index (κ2) is 6.58. The van der Waals surface area contributed by atoms with E-state index in [1.54, 1.807) is 12.5 Å². The molecule has 2 aromatic rings. The molecule has 118 valence electrons. The Morgan fingerprint density at radius 3 is 2.86 bits per heavy atom. The molecule has 1 aliphatic rings. The van der Waals surface area contributed by atoms with Crippen LogP contribution in [-0.4, -0.2) is 28.0 Å². The van der Waals surface area contributed by atoms with Gasteiger partial charge in [-0.25, -0.2) is 9.37 Å². The molecule has 0 amide bonds. The van der Waals surface area contributed by atoms with Gasteiger partial charge in [-0.1, -0.05) is 12.1 Å². The summed E-state index contributed by atoms with van der Waals surface area (Å²) < 4.78 is 27.1. The van der Waals surface area contributed by atoms with E-state index in [0.29, 0.717) is 13.2 Å². The molecule has 1 aliphatic heterocycles. The summed E-state index contributed by atoms with van der Waals surface area (Å²) in [6.07, 6.45) is 8.01. The van der Waals surface area contributed by atoms with E-state index in [0.717, 1.165) is 24.8 Å². The SMILES string of the molecule is CC1CCOC(CCc2ccc(F)cc2)(Cn2ccnc2)O1. The fourth-order valence-electron chi connectivity index (χ4n) is 2.81. The number of aromatic nitrogens is 2. The lowest BCUT2D eigenvalue weighted by molar-refractivity contribution is -0.298. The monoisotopic (exact) mass is 304 g/mol. The summed E-state index contributed by atoms with van der Waals surface area (Å²) in [5, 5.41) is 0. The van der Waals surface area contributed by atoms with Crippen LogP contribution in [0.1, 0.15) is 25.3 Å². The Morgan fingerprint density at radius 1 is 1.36 bits per heavy atom. The van der Waals surface area contributed by atoms with Crippen LogP contribution < -0.4 is 0 Å². The number of benzene rings is 1. The van der Waals surface area contributed by atoms with Crippen molar-refractivity contribution >= 4 is 0 Å². The summed E-state index contributed by atoms with van der Waals surface area (Å²) in [6.45, 7) is 3.38. The van der Waals surface area contributed by atoms with Crippen LogP contribution in [0.3, 0.4) is 0 Å². The molecule has 0 radical (unpaired) electrons. The first-order chi connectivity index (χ1) is 10.7. The Balaban J connectivity index is 1.71. The van der Waals surface area contributed by atoms with E-state index in [1.807, 2.05) is 22.9 Å². The summed E-state index contributed by atoms with van der Waals surface area (Å²) in [7, 11) is 0. The van der Waals surface area contributed by atoms with E-state index in [4.69, 9.17) is 9.47 Å². The number of hydrogen-bond acceptors (Lipinski definition) is 3. The van der Waals surface area contributed by atoms with Crippen LogP contribution in [0.5, 0.6) is 0 Å². The van der Waals surface area contributed by atoms with Crippen LogP contribution >= 0.6 is 0 Å². The quantitative estimate of drug-likeness (QED) is 0.851. The van der Waals surface area contributed by atoms with Gasteiger partial charge in [0.15, 0.2) is 5.79 Å². The largest absolute Gasteiger partial charge is 0.348 e. The molecule has 1 aromatic carbocycles. The average Bonchev–Trinajstić information content (AvgIpc) is 2.99. The molecule has 2 heterocycles. The second-order valence-corrected chi connectivity index (χ2v) is 5.84. The highest BCUT2D eigenvalue weighted by molar-refractivity contribution is 5.16. The Hall–Kier alpha value is -1.72. The van der Waals surface area contributed by atoms with Gasteiger partial charge >= 0.3 is 0 Å². The van der Waals surface area contributed by atoms with Crippen LogP contribution in [0.25, 0.3) is 0 Å². The van der Waals surface area contributed by atoms with Crippen molar-refractivity contribution in [3.8, 4) is 0 Å². The van der Waals surface area contributed by atoms with Crippen molar-refractivity contribution in [1.29, 1.82) is 0 Å². The smallest absolute Gasteiger partial charge is 0.186 e. The minimum atomic E-state index is -0.646. The number of aryl methyl sites for hydroxylation is 1. The average molecular weight is 304 g/mol. The van der Waals surface area contributed by atoms with E-state index < -0.39 is 5.79 Å². The highest BCUT2D eigenvalue weighted by Gasteiger charge is 2.37. The first-order valence-electron chi connectivity index (χ1n) is 7.67. The molecule has 2 unspecified atom stereocenters. The standard InChI is InChI=1S/C17H21FN2O2/c1-14-7-11-21-17(22-14,12-20-10-9-19-13-20)8-6-15-2-4-16(18)5-3-15/h2-5,9-10,13-14H,6-8,11-12H2,1H3. The molecule has 3 rings (SSSR count). The number of halogens is 1. The van der Waals surface area contributed by atoms with Crippen LogP contribution in [0.2, 0.25) is 0 Å². The molecule has 2 atom stereocenters. The third-order valence-electron chi connectivity index (χ3n) is 4.00. The predicted octanol–water partition coefficient (Wildman–Crippen LogP) is 3.18. The zero-order valence-electron chi connectivity index (χ0n) is 12.7. The van der Waals surface area contributed by atoms with Gasteiger partial charge in [-0.2, -0.15) is 0 Å². The van der Waals surface area contributed by atoms with E-state index in [2.05, 4.69) is 11.9 Å². The first-order valence-corrected chi connectivity index (χ1v) is 7.67. The van der Waals surface area contributed by atoms with Crippen molar-refractivity contribution in [1.82, 2.24) is 9.55 Å². The molecule has 0 aliphatic carbocycles. The van der Waals surface area contributed by atoms with Gasteiger partial charge in [-0.05, 0) is 37.5 Å². The Morgan fingerprint density at radius 2 is 2.18 bits per heavy atom. The summed E-state index contributed by atoms with van der Waals surface area (Å²) in [5.41, 5.74) is 1.08. The van der Waals surface area contributed by atoms with Crippen molar-refractivity contribution in [3.05, 3.63) is 54.4 Å². The lowest BCUT2D eigenvalue weighted by atomic mass is 10.0. The van der Waals surface area contributed by atoms with E-state index in [-0.39, 0.29) is 11.9 Å². The summed E-state index contributed by atoms with van der Waals surface area (Å²) >= 11 is 0. The number of nitrogens with zero attached hydrogens (tertiary/aromatic N) is 2. The summed E-state index contributed by atoms with van der Waals surface area (Å²) in [5.74, 6) is -0.858. The van der Waals surface area contributed by atoms with E-state index in [9.17, 15) is 4.39 Å². The highest BCUT2D eigenvalue weighted by atomic mass is 19.1. The molecule has 1 fully saturated rings. The number of rotatable bonds is 5. The van der Waals surface area contributed by atoms with E-state index in [1.165, 1.54) is 12.1 Å². The van der Waals surface area contributed by atoms with Crippen molar-refractivity contribution < 1.29 is 13.9 Å². The Bertz CT molecular complexity index is 585. The normalized spacial score (nSPS) is 25.3. The van der Waals surface area contributed by atoms with Crippen molar-refractivity contribution in [3.63, 3.8) is 0 Å². The molecule has 0 spiro atoms. The van der Waals surface area contributed by atoms with Crippen LogP contribution in [0, 0.1) is 5.82 Å². The van der Waals surface area contributed by atoms with Gasteiger partial charge in [-0.15, -0.1) is 0 Å². The molecule has 1 aromatic heterocycles. The van der Waals surface area contributed by atoms with Gasteiger partial charge in [0.25, 0.3) is 0 Å². The van der Waals surface area contributed by atoms with Crippen LogP contribution in [0.15, 0.2) is 43.0 Å². The highest BCUT2D eigenvalue weighted by Crippen LogP contribution is 2.30. The molecule has 4 nitrogen and oxygen atoms in total. The molecule has 5 heteroatoms. The minimum Gasteiger partial charge on any atom is -0.348 e. The van der Waals surface area contributed by atoms with Crippen molar-refractivity contribution in [2.24, 2.45) is 0 Å². The molecular weight excluding hydrogens is 283 g/mol. The lowest BCUT2D eigenvalue weighted by Crippen LogP contribution is -2.47. The Labute approximate surface area is 129 Å². The van der Waals surface area contributed by atoms with Gasteiger partial charge < -0.3 is 14.0 Å². The van der Waals surface area contributed by atoms with Gasteiger partial charge in [0.05, 0.1) is 25.6 Å². The molecule has 0 N–H and O–H groups in total. The summed E-state index contributed by atoms with van der Waals surface area (Å²) in [4.78, 5) is 4.08. The maximum Gasteiger partial charge on any atom is 0.186 e. The molecule has 22 heavy (non-hydrogen) atoms. The predicted molar refractivity (Wildman–Crippen MR) is 80.8 cm³/mol. The number of imidazole rings is 1. The van der Waals surface area contributed by atoms with Crippen molar-refractivity contribution in [2.45, 2.75) is 44.6 Å². The second-order valence-electron chi connectivity index (χ2n) is 5.84. The minimum absolute atomic E-state index is 0.172. The zero-order chi connectivity index (χ0) is 15.4. The zero-order valence-corrected chi connectivity index (χ0v) is 12.7. The molecular formula is C17H21FN2O2. The van der Waals surface area contributed by atoms with Crippen molar-refractivity contribution in [2.75, 3.05) is 6.61 Å². The number of hydrogen-bond donors (Lipinski definition) is 0. The van der Waals surface area contributed by atoms with Gasteiger partial charge in [-0.3, -0.25) is 0 Å². The molecule has 0 bridgehead atoms. The topological polar surface area (TPSA) is 36.3 Å². The lowest BCUT2D eigenvalue weighted by Gasteiger charge is -2.40. The molecule has 0 saturated carbocycles. The van der Waals surface area contributed by atoms with Gasteiger partial charge in [0, 0.05) is 18.8 Å². The van der Waals surface area contributed by atoms with Crippen LogP contribution in [0.4, 0.5) is 4.39 Å². The van der Waals surface area contributed by atoms with Gasteiger partial charge in [0.1, 0.15) is 5.82 Å². The number of ether oxygens (including phenoxy) is 2. The fraction of sp³-hybridized carbons (Fsp3) is 0.471. The first kappa shape index (κ1) is 15.2. The summed E-state index contributed by atoms with van der Waals surface area (Å²) in [6, 6.07) is 6.60. The van der Waals surface area contributed by atoms with E-state index >= 15 is 0 Å². The molecule has 1 saturated heterocycles. The third kappa shape index (κ3) is 3.72. The Kier molecular flexibility index (Phi) is 4.55. The maximum atomic E-state index is 13.0. The maximum absolute atomic E-state index is 13.0. The van der Waals surface area contributed by atoms with Crippen LogP contribution in [-0.2, 0) is 22.4 Å². The van der Waals surface area contributed by atoms with Gasteiger partial charge in [0.2, 0.25) is 0 Å². The third-order valence-corrected chi connectivity index (χ3v) is 4.00. The fourth-order valence-corrected chi connectivity index (χ4v) is 2.81.